The van der Waals surface area contributed by atoms with Gasteiger partial charge in [0.05, 0.1) is 17.4 Å². The fourth-order valence-corrected chi connectivity index (χ4v) is 3.32. The Bertz CT molecular complexity index is 334. The lowest BCUT2D eigenvalue weighted by molar-refractivity contribution is -0.127. The van der Waals surface area contributed by atoms with Gasteiger partial charge < -0.3 is 10.6 Å². The normalized spacial score (nSPS) is 26.9. The number of carbonyl (C=O) groups excluding carboxylic acids is 1. The molecule has 0 aromatic heterocycles. The Morgan fingerprint density at radius 3 is 2.27 bits per heavy atom. The van der Waals surface area contributed by atoms with E-state index in [2.05, 4.69) is 10.6 Å². The molecule has 0 aliphatic carbocycles. The zero-order chi connectivity index (χ0) is 10.9. The summed E-state index contributed by atoms with van der Waals surface area (Å²) in [4.78, 5) is 11.6. The average Bonchev–Trinajstić information content (AvgIpc) is 2.05. The van der Waals surface area contributed by atoms with Crippen molar-refractivity contribution in [2.24, 2.45) is 5.92 Å². The van der Waals surface area contributed by atoms with Crippen LogP contribution in [0.2, 0.25) is 0 Å². The van der Waals surface area contributed by atoms with Gasteiger partial charge in [-0.1, -0.05) is 0 Å². The number of amides is 1. The summed E-state index contributed by atoms with van der Waals surface area (Å²) >= 11 is 0. The monoisotopic (exact) mass is 232 g/mol. The maximum Gasteiger partial charge on any atom is 0.225 e. The van der Waals surface area contributed by atoms with Gasteiger partial charge in [0, 0.05) is 19.1 Å². The highest BCUT2D eigenvalue weighted by Gasteiger charge is 2.29. The molecule has 0 spiro atoms. The summed E-state index contributed by atoms with van der Waals surface area (Å²) in [5, 5.41) is 5.95. The zero-order valence-electron chi connectivity index (χ0n) is 8.53. The van der Waals surface area contributed by atoms with E-state index in [1.54, 1.807) is 0 Å². The molecule has 0 aromatic rings. The van der Waals surface area contributed by atoms with Gasteiger partial charge in [-0.15, -0.1) is 0 Å². The largest absolute Gasteiger partial charge is 0.353 e. The lowest BCUT2D eigenvalue weighted by Gasteiger charge is -2.29. The maximum absolute atomic E-state index is 11.6. The summed E-state index contributed by atoms with van der Waals surface area (Å²) in [5.41, 5.74) is 0. The summed E-state index contributed by atoms with van der Waals surface area (Å²) in [6, 6.07) is 0.0571. The van der Waals surface area contributed by atoms with Crippen molar-refractivity contribution >= 4 is 15.7 Å². The summed E-state index contributed by atoms with van der Waals surface area (Å²) in [6.07, 6.45) is 1.13. The van der Waals surface area contributed by atoms with Crippen molar-refractivity contribution < 1.29 is 13.2 Å². The molecule has 2 aliphatic heterocycles. The van der Waals surface area contributed by atoms with Crippen LogP contribution in [0.3, 0.4) is 0 Å². The predicted octanol–water partition coefficient (Wildman–Crippen LogP) is -1.10. The van der Waals surface area contributed by atoms with Crippen LogP contribution in [0, 0.1) is 5.92 Å². The van der Waals surface area contributed by atoms with Gasteiger partial charge in [-0.05, 0) is 12.8 Å². The molecule has 6 heteroatoms. The molecule has 0 saturated carbocycles. The fourth-order valence-electron chi connectivity index (χ4n) is 1.83. The van der Waals surface area contributed by atoms with Gasteiger partial charge in [-0.25, -0.2) is 8.42 Å². The van der Waals surface area contributed by atoms with E-state index in [9.17, 15) is 13.2 Å². The Kier molecular flexibility index (Phi) is 2.97. The molecule has 2 aliphatic rings. The third-order valence-corrected chi connectivity index (χ3v) is 4.77. The summed E-state index contributed by atoms with van der Waals surface area (Å²) in [5.74, 6) is 0.573. The van der Waals surface area contributed by atoms with E-state index in [4.69, 9.17) is 0 Å². The molecule has 86 valence electrons. The molecular weight excluding hydrogens is 216 g/mol. The zero-order valence-corrected chi connectivity index (χ0v) is 9.35. The minimum Gasteiger partial charge on any atom is -0.353 e. The van der Waals surface area contributed by atoms with Gasteiger partial charge in [0.1, 0.15) is 9.84 Å². The van der Waals surface area contributed by atoms with Gasteiger partial charge in [0.15, 0.2) is 0 Å². The Labute approximate surface area is 89.5 Å². The molecule has 0 aromatic carbocycles. The number of rotatable bonds is 2. The molecule has 0 bridgehead atoms. The minimum atomic E-state index is -2.83. The van der Waals surface area contributed by atoms with E-state index < -0.39 is 9.84 Å². The second-order valence-corrected chi connectivity index (χ2v) is 6.59. The van der Waals surface area contributed by atoms with Crippen LogP contribution in [0.1, 0.15) is 12.8 Å². The first-order chi connectivity index (χ1) is 7.07. The van der Waals surface area contributed by atoms with Crippen molar-refractivity contribution in [3.63, 3.8) is 0 Å². The summed E-state index contributed by atoms with van der Waals surface area (Å²) in [7, 11) is -2.83. The van der Waals surface area contributed by atoms with Gasteiger partial charge in [0.25, 0.3) is 0 Å². The maximum atomic E-state index is 11.6. The van der Waals surface area contributed by atoms with Crippen LogP contribution >= 0.6 is 0 Å². The molecule has 2 N–H and O–H groups in total. The van der Waals surface area contributed by atoms with E-state index in [-0.39, 0.29) is 29.4 Å². The molecule has 15 heavy (non-hydrogen) atoms. The first kappa shape index (κ1) is 10.9. The Hall–Kier alpha value is -0.620. The predicted molar refractivity (Wildman–Crippen MR) is 56.2 cm³/mol. The number of sulfone groups is 1. The molecule has 5 nitrogen and oxygen atoms in total. The van der Waals surface area contributed by atoms with Crippen molar-refractivity contribution in [3.05, 3.63) is 0 Å². The van der Waals surface area contributed by atoms with Crippen molar-refractivity contribution in [2.45, 2.75) is 18.9 Å². The first-order valence-electron chi connectivity index (χ1n) is 5.28. The summed E-state index contributed by atoms with van der Waals surface area (Å²) in [6.45, 7) is 1.49. The molecule has 0 unspecified atom stereocenters. The highest BCUT2D eigenvalue weighted by Crippen LogP contribution is 2.13. The number of hydrogen-bond donors (Lipinski definition) is 2. The SMILES string of the molecule is O=C(NC1CCS(=O)(=O)CC1)C1CNC1. The third-order valence-electron chi connectivity index (χ3n) is 3.05. The molecule has 2 rings (SSSR count). The van der Waals surface area contributed by atoms with Crippen molar-refractivity contribution in [3.8, 4) is 0 Å². The van der Waals surface area contributed by atoms with Crippen LogP contribution in [-0.4, -0.2) is 45.0 Å². The standard InChI is InChI=1S/C9H16N2O3S/c12-9(7-5-10-6-7)11-8-1-3-15(13,14)4-2-8/h7-8,10H,1-6H2,(H,11,12). The molecule has 2 fully saturated rings. The fraction of sp³-hybridized carbons (Fsp3) is 0.889. The van der Waals surface area contributed by atoms with Crippen molar-refractivity contribution in [2.75, 3.05) is 24.6 Å². The van der Waals surface area contributed by atoms with Crippen molar-refractivity contribution in [1.29, 1.82) is 0 Å². The molecule has 0 radical (unpaired) electrons. The van der Waals surface area contributed by atoms with Gasteiger partial charge in [0.2, 0.25) is 5.91 Å². The summed E-state index contributed by atoms with van der Waals surface area (Å²) < 4.78 is 22.3. The van der Waals surface area contributed by atoms with E-state index in [1.807, 2.05) is 0 Å². The van der Waals surface area contributed by atoms with Gasteiger partial charge in [-0.3, -0.25) is 4.79 Å². The van der Waals surface area contributed by atoms with Crippen LogP contribution in [0.25, 0.3) is 0 Å². The smallest absolute Gasteiger partial charge is 0.225 e. The number of hydrogen-bond acceptors (Lipinski definition) is 4. The molecular formula is C9H16N2O3S. The third kappa shape index (κ3) is 2.69. The quantitative estimate of drug-likeness (QED) is 0.633. The highest BCUT2D eigenvalue weighted by atomic mass is 32.2. The molecule has 2 heterocycles. The second-order valence-electron chi connectivity index (χ2n) is 4.29. The van der Waals surface area contributed by atoms with E-state index in [0.29, 0.717) is 12.8 Å². The minimum absolute atomic E-state index is 0.0571. The number of nitrogens with one attached hydrogen (secondary N) is 2. The van der Waals surface area contributed by atoms with Gasteiger partial charge in [-0.2, -0.15) is 0 Å². The molecule has 0 atom stereocenters. The average molecular weight is 232 g/mol. The van der Waals surface area contributed by atoms with Crippen LogP contribution in [-0.2, 0) is 14.6 Å². The molecule has 1 amide bonds. The van der Waals surface area contributed by atoms with E-state index >= 15 is 0 Å². The van der Waals surface area contributed by atoms with Gasteiger partial charge >= 0.3 is 0 Å². The highest BCUT2D eigenvalue weighted by molar-refractivity contribution is 7.91. The van der Waals surface area contributed by atoms with Crippen molar-refractivity contribution in [1.82, 2.24) is 10.6 Å². The van der Waals surface area contributed by atoms with Crippen LogP contribution < -0.4 is 10.6 Å². The lowest BCUT2D eigenvalue weighted by atomic mass is 10.0. The Morgan fingerprint density at radius 1 is 1.20 bits per heavy atom. The van der Waals surface area contributed by atoms with E-state index in [0.717, 1.165) is 13.1 Å². The molecule has 2 saturated heterocycles. The second kappa shape index (κ2) is 4.09. The Balaban J connectivity index is 1.79. The first-order valence-corrected chi connectivity index (χ1v) is 7.10. The van der Waals surface area contributed by atoms with Crippen LogP contribution in [0.15, 0.2) is 0 Å². The van der Waals surface area contributed by atoms with Crippen LogP contribution in [0.5, 0.6) is 0 Å². The Morgan fingerprint density at radius 2 is 1.80 bits per heavy atom. The van der Waals surface area contributed by atoms with Crippen LogP contribution in [0.4, 0.5) is 0 Å². The topological polar surface area (TPSA) is 75.3 Å². The van der Waals surface area contributed by atoms with E-state index in [1.165, 1.54) is 0 Å². The lowest BCUT2D eigenvalue weighted by Crippen LogP contribution is -2.53. The number of carbonyl (C=O) groups is 1.